The minimum absolute atomic E-state index is 0.0764. The number of halogens is 9. The number of anilines is 1. The lowest BCUT2D eigenvalue weighted by Crippen LogP contribution is -2.49. The van der Waals surface area contributed by atoms with Crippen LogP contribution in [0.2, 0.25) is 0 Å². The molecule has 0 aromatic heterocycles. The summed E-state index contributed by atoms with van der Waals surface area (Å²) in [5.74, 6) is -4.92. The summed E-state index contributed by atoms with van der Waals surface area (Å²) in [5, 5.41) is 50.2. The number of phenolic OH excluding ortho intramolecular Hbond substituents is 5. The second kappa shape index (κ2) is 25.1. The molecule has 5 rings (SSSR count). The first kappa shape index (κ1) is 53.7. The third-order valence-electron chi connectivity index (χ3n) is 11.1. The van der Waals surface area contributed by atoms with E-state index in [-0.39, 0.29) is 52.2 Å². The molecule has 14 nitrogen and oxygen atoms in total. The number of benzene rings is 3. The Balaban J connectivity index is 0.000000386. The molecule has 0 fully saturated rings. The highest BCUT2D eigenvalue weighted by Crippen LogP contribution is 2.49. The lowest BCUT2D eigenvalue weighted by molar-refractivity contribution is -0.0501. The quantitative estimate of drug-likeness (QED) is 0.0494. The Labute approximate surface area is 427 Å². The van der Waals surface area contributed by atoms with E-state index in [4.69, 9.17) is 8.22 Å². The Kier molecular flexibility index (Phi) is 18.4. The molecule has 73 heavy (non-hydrogen) atoms. The van der Waals surface area contributed by atoms with Crippen LogP contribution < -0.4 is 7.89 Å². The van der Waals surface area contributed by atoms with Crippen molar-refractivity contribution in [3.05, 3.63) is 113 Å². The van der Waals surface area contributed by atoms with Crippen LogP contribution in [0.4, 0.5) is 45.2 Å². The maximum absolute atomic E-state index is 12.5. The zero-order chi connectivity index (χ0) is 61.4. The van der Waals surface area contributed by atoms with Crippen LogP contribution in [-0.4, -0.2) is 91.8 Å². The average Bonchev–Trinajstić information content (AvgIpc) is 3.28. The predicted molar refractivity (Wildman–Crippen MR) is 257 cm³/mol. The van der Waals surface area contributed by atoms with Gasteiger partial charge in [0.15, 0.2) is 0 Å². The van der Waals surface area contributed by atoms with Crippen LogP contribution in [0.1, 0.15) is 105 Å². The molecular formula is C47H59F9N2O12S3. The summed E-state index contributed by atoms with van der Waals surface area (Å²) >= 11 is 0. The first-order chi connectivity index (χ1) is 35.7. The van der Waals surface area contributed by atoms with Gasteiger partial charge in [-0.3, -0.25) is 0 Å². The van der Waals surface area contributed by atoms with Gasteiger partial charge in [-0.25, -0.2) is 0 Å². The van der Waals surface area contributed by atoms with Gasteiger partial charge in [0.1, 0.15) is 34.5 Å². The molecule has 3 aromatic rings. The number of nitrogens with zero attached hydrogens (tertiary/aromatic N) is 2. The molecule has 0 amide bonds. The number of para-hydroxylation sites is 1. The van der Waals surface area contributed by atoms with Gasteiger partial charge < -0.3 is 34.6 Å². The number of sulfonamides is 2. The Hall–Kier alpha value is -5.60. The molecule has 0 saturated heterocycles. The molecule has 0 radical (unpaired) electrons. The van der Waals surface area contributed by atoms with Gasteiger partial charge in [-0.15, -0.1) is 3.71 Å². The number of aromatic hydroxyl groups is 5. The fourth-order valence-corrected chi connectivity index (χ4v) is 10.6. The maximum Gasteiger partial charge on any atom is 0.534 e. The largest absolute Gasteiger partial charge is 0.534 e. The number of hydrogen-bond acceptors (Lipinski definition) is 13. The van der Waals surface area contributed by atoms with Gasteiger partial charge in [0.05, 0.1) is 5.69 Å². The van der Waals surface area contributed by atoms with Crippen LogP contribution in [0.5, 0.6) is 34.5 Å². The molecule has 2 aliphatic rings. The molecule has 0 unspecified atom stereocenters. The molecule has 26 heteroatoms. The standard InChI is InChI=1S/C17H19F3O5S.C16H20O3.C8H5F6NO4S2.C6H15N/c1-9(2)12-5-4-10(3)6-13(12)16-14(21)7-11(8-15(16)22)25-26(23,24)17(18,19)20;1-9(2)12-5-4-10(3)6-13(12)16-14(18)7-11(17)8-15(16)19;9-7(10,11)20(16,17)15(6-4-2-1-3-5-6)21(18,19)8(12,13)14;1-4-7(5-2)6-3/h6-8,12-13,21-22H,1,4-5H2,2-3H3;6-8,12-13,17-19H,1,4-5H2,2-3H3;1-5H;4-6H2,1-3H3/t2*12-,13+;;/m00../s1/i2*3D3;;. The van der Waals surface area contributed by atoms with Crippen molar-refractivity contribution in [2.45, 2.75) is 102 Å². The van der Waals surface area contributed by atoms with Crippen LogP contribution in [0.3, 0.4) is 0 Å². The summed E-state index contributed by atoms with van der Waals surface area (Å²) in [6, 6.07) is 7.36. The Bertz CT molecular complexity index is 2950. The Morgan fingerprint density at radius 1 is 0.630 bits per heavy atom. The molecule has 0 saturated carbocycles. The first-order valence-corrected chi connectivity index (χ1v) is 25.8. The smallest absolute Gasteiger partial charge is 0.508 e. The minimum Gasteiger partial charge on any atom is -0.508 e. The fourth-order valence-electron chi connectivity index (χ4n) is 7.42. The van der Waals surface area contributed by atoms with E-state index in [1.54, 1.807) is 13.0 Å². The van der Waals surface area contributed by atoms with E-state index in [1.165, 1.54) is 25.7 Å². The molecule has 5 N–H and O–H groups in total. The van der Waals surface area contributed by atoms with E-state index in [1.807, 2.05) is 6.92 Å². The van der Waals surface area contributed by atoms with Gasteiger partial charge in [-0.1, -0.05) is 86.6 Å². The van der Waals surface area contributed by atoms with Crippen molar-refractivity contribution in [3.8, 4) is 34.5 Å². The summed E-state index contributed by atoms with van der Waals surface area (Å²) in [5.41, 5.74) is -17.5. The monoisotopic (exact) mass is 1120 g/mol. The molecule has 0 aliphatic heterocycles. The fraction of sp³-hybridized carbons (Fsp3) is 0.447. The average molecular weight is 1120 g/mol. The first-order valence-electron chi connectivity index (χ1n) is 24.5. The molecular weight excluding hydrogens is 1050 g/mol. The number of allylic oxidation sites excluding steroid dienone is 6. The van der Waals surface area contributed by atoms with Gasteiger partial charge in [0.2, 0.25) is 0 Å². The van der Waals surface area contributed by atoms with Crippen LogP contribution in [0.15, 0.2) is 102 Å². The zero-order valence-corrected chi connectivity index (χ0v) is 42.1. The summed E-state index contributed by atoms with van der Waals surface area (Å²) < 4.78 is 227. The molecule has 4 atom stereocenters. The van der Waals surface area contributed by atoms with Crippen molar-refractivity contribution in [2.75, 3.05) is 23.3 Å². The molecule has 410 valence electrons. The molecule has 0 heterocycles. The predicted octanol–water partition coefficient (Wildman–Crippen LogP) is 11.7. The number of phenols is 5. The summed E-state index contributed by atoms with van der Waals surface area (Å²) in [4.78, 5) is 2.38. The molecule has 2 aliphatic carbocycles. The van der Waals surface area contributed by atoms with Gasteiger partial charge in [0, 0.05) is 55.5 Å². The van der Waals surface area contributed by atoms with Gasteiger partial charge in [-0.05, 0) is 96.8 Å². The highest BCUT2D eigenvalue weighted by atomic mass is 32.3. The van der Waals surface area contributed by atoms with E-state index in [9.17, 15) is 90.3 Å². The van der Waals surface area contributed by atoms with Crippen LogP contribution in [-0.2, 0) is 30.2 Å². The van der Waals surface area contributed by atoms with Crippen molar-refractivity contribution >= 4 is 35.9 Å². The number of alkyl halides is 9. The second-order valence-electron chi connectivity index (χ2n) is 16.2. The lowest BCUT2D eigenvalue weighted by atomic mass is 9.74. The Morgan fingerprint density at radius 2 is 0.986 bits per heavy atom. The number of rotatable bonds is 12. The van der Waals surface area contributed by atoms with E-state index >= 15 is 0 Å². The SMILES string of the molecule is CCN(CC)CC.O=S(=O)(N(c1ccccc1)S(=O)(=O)C(F)(F)F)C(F)(F)F.[2H]C([2H])([2H])C1=C[C@@H](c2c(O)cc(O)cc2O)[C@H](C(=C)C)CC1.[2H]C([2H])([2H])C1=C[C@@H](c2c(O)cc(OS(=O)(=O)C(F)(F)F)cc2O)[C@H](C(=C)C)CC1. The Morgan fingerprint density at radius 3 is 1.27 bits per heavy atom. The van der Waals surface area contributed by atoms with E-state index in [0.717, 1.165) is 35.9 Å². The van der Waals surface area contributed by atoms with Gasteiger partial charge >= 0.3 is 46.7 Å². The second-order valence-corrected chi connectivity index (χ2v) is 21.6. The number of hydrogen-bond donors (Lipinski definition) is 5. The van der Waals surface area contributed by atoms with Crippen molar-refractivity contribution in [1.82, 2.24) is 4.90 Å². The maximum atomic E-state index is 12.5. The molecule has 0 bridgehead atoms. The normalized spacial score (nSPS) is 20.1. The zero-order valence-electron chi connectivity index (χ0n) is 45.6. The van der Waals surface area contributed by atoms with Crippen LogP contribution in [0.25, 0.3) is 0 Å². The summed E-state index contributed by atoms with van der Waals surface area (Å²) in [7, 11) is -19.6. The minimum atomic E-state index is -6.81. The van der Waals surface area contributed by atoms with Crippen molar-refractivity contribution < 1.29 is 103 Å². The van der Waals surface area contributed by atoms with E-state index < -0.39 is 98.9 Å². The van der Waals surface area contributed by atoms with Crippen molar-refractivity contribution in [2.24, 2.45) is 11.8 Å². The molecule has 3 aromatic carbocycles. The van der Waals surface area contributed by atoms with Gasteiger partial charge in [-0.2, -0.15) is 64.8 Å². The summed E-state index contributed by atoms with van der Waals surface area (Å²) in [6.45, 7) is 16.8. The van der Waals surface area contributed by atoms with Crippen LogP contribution in [0, 0.1) is 11.8 Å². The van der Waals surface area contributed by atoms with Crippen LogP contribution >= 0.6 is 0 Å². The third kappa shape index (κ3) is 16.2. The van der Waals surface area contributed by atoms with E-state index in [2.05, 4.69) is 43.0 Å². The highest BCUT2D eigenvalue weighted by Gasteiger charge is 2.61. The topological polar surface area (TPSA) is 219 Å². The molecule has 0 spiro atoms. The highest BCUT2D eigenvalue weighted by molar-refractivity contribution is 8.11. The third-order valence-corrected chi connectivity index (χ3v) is 15.7. The van der Waals surface area contributed by atoms with Crippen molar-refractivity contribution in [1.29, 1.82) is 0 Å². The summed E-state index contributed by atoms with van der Waals surface area (Å²) in [6.07, 6.45) is 4.61. The van der Waals surface area contributed by atoms with Crippen molar-refractivity contribution in [3.63, 3.8) is 0 Å². The lowest BCUT2D eigenvalue weighted by Gasteiger charge is -2.31. The van der Waals surface area contributed by atoms with E-state index in [0.29, 0.717) is 54.7 Å². The van der Waals surface area contributed by atoms with Gasteiger partial charge in [0.25, 0.3) is 0 Å².